The fraction of sp³-hybridized carbons (Fsp3) is 0.733. The van der Waals surface area contributed by atoms with Gasteiger partial charge in [-0.1, -0.05) is 19.3 Å². The number of hydrogen-bond acceptors (Lipinski definition) is 3. The maximum absolute atomic E-state index is 12.8. The molecule has 1 amide bonds. The van der Waals surface area contributed by atoms with Gasteiger partial charge in [0.05, 0.1) is 11.9 Å². The molecular weight excluding hydrogens is 252 g/mol. The molecule has 2 aliphatic carbocycles. The quantitative estimate of drug-likeness (QED) is 0.916. The Balaban J connectivity index is 1.74. The summed E-state index contributed by atoms with van der Waals surface area (Å²) in [4.78, 5) is 14.8. The van der Waals surface area contributed by atoms with E-state index in [2.05, 4.69) is 10.00 Å². The van der Waals surface area contributed by atoms with E-state index in [1.165, 1.54) is 32.1 Å². The zero-order chi connectivity index (χ0) is 14.1. The Kier molecular flexibility index (Phi) is 3.68. The van der Waals surface area contributed by atoms with Gasteiger partial charge in [0.15, 0.2) is 0 Å². The van der Waals surface area contributed by atoms with E-state index in [0.29, 0.717) is 23.3 Å². The van der Waals surface area contributed by atoms with Crippen molar-refractivity contribution >= 4 is 11.6 Å². The van der Waals surface area contributed by atoms with E-state index in [1.54, 1.807) is 17.9 Å². The maximum atomic E-state index is 12.8. The minimum absolute atomic E-state index is 0.0653. The lowest BCUT2D eigenvalue weighted by molar-refractivity contribution is 0.0689. The summed E-state index contributed by atoms with van der Waals surface area (Å²) in [5.74, 6) is 0.735. The third-order valence-electron chi connectivity index (χ3n) is 4.60. The Labute approximate surface area is 120 Å². The van der Waals surface area contributed by atoms with Gasteiger partial charge in [0.2, 0.25) is 0 Å². The van der Waals surface area contributed by atoms with E-state index in [1.807, 2.05) is 0 Å². The lowest BCUT2D eigenvalue weighted by atomic mass is 9.89. The van der Waals surface area contributed by atoms with Gasteiger partial charge in [-0.15, -0.1) is 0 Å². The highest BCUT2D eigenvalue weighted by molar-refractivity contribution is 5.97. The zero-order valence-electron chi connectivity index (χ0n) is 12.2. The molecule has 2 aliphatic rings. The van der Waals surface area contributed by atoms with Crippen molar-refractivity contribution in [3.8, 4) is 0 Å². The number of nitrogens with zero attached hydrogens (tertiary/aromatic N) is 3. The van der Waals surface area contributed by atoms with E-state index in [-0.39, 0.29) is 5.91 Å². The Morgan fingerprint density at radius 3 is 2.60 bits per heavy atom. The first-order valence-electron chi connectivity index (χ1n) is 7.75. The van der Waals surface area contributed by atoms with Gasteiger partial charge in [-0.25, -0.2) is 0 Å². The summed E-state index contributed by atoms with van der Waals surface area (Å²) in [6.45, 7) is 0.897. The standard InChI is InChI=1S/C15H24N4O/c1-18-14(13(16)9-17-18)15(20)19(12-7-8-12)10-11-5-3-2-4-6-11/h9,11-12H,2-8,10,16H2,1H3. The summed E-state index contributed by atoms with van der Waals surface area (Å²) in [6, 6.07) is 0.429. The van der Waals surface area contributed by atoms with Crippen molar-refractivity contribution < 1.29 is 4.79 Å². The van der Waals surface area contributed by atoms with Crippen molar-refractivity contribution in [2.45, 2.75) is 51.0 Å². The summed E-state index contributed by atoms with van der Waals surface area (Å²) in [7, 11) is 1.79. The Morgan fingerprint density at radius 1 is 1.35 bits per heavy atom. The first kappa shape index (κ1) is 13.5. The van der Waals surface area contributed by atoms with Crippen molar-refractivity contribution in [3.63, 3.8) is 0 Å². The lowest BCUT2D eigenvalue weighted by Gasteiger charge is -2.30. The molecular formula is C15H24N4O. The van der Waals surface area contributed by atoms with Crippen LogP contribution in [0.5, 0.6) is 0 Å². The van der Waals surface area contributed by atoms with Crippen LogP contribution in [0, 0.1) is 5.92 Å². The molecule has 1 aromatic rings. The van der Waals surface area contributed by atoms with Crippen molar-refractivity contribution in [1.29, 1.82) is 0 Å². The molecule has 110 valence electrons. The van der Waals surface area contributed by atoms with Gasteiger partial charge >= 0.3 is 0 Å². The number of nitrogen functional groups attached to an aromatic ring is 1. The van der Waals surface area contributed by atoms with Crippen molar-refractivity contribution in [1.82, 2.24) is 14.7 Å². The van der Waals surface area contributed by atoms with Gasteiger partial charge in [-0.2, -0.15) is 5.10 Å². The average molecular weight is 276 g/mol. The third-order valence-corrected chi connectivity index (χ3v) is 4.60. The number of carbonyl (C=O) groups excluding carboxylic acids is 1. The molecule has 5 nitrogen and oxygen atoms in total. The molecule has 2 saturated carbocycles. The van der Waals surface area contributed by atoms with Crippen LogP contribution in [0.25, 0.3) is 0 Å². The highest BCUT2D eigenvalue weighted by Gasteiger charge is 2.36. The second kappa shape index (κ2) is 5.46. The highest BCUT2D eigenvalue weighted by atomic mass is 16.2. The van der Waals surface area contributed by atoms with Crippen LogP contribution >= 0.6 is 0 Å². The van der Waals surface area contributed by atoms with Gasteiger partial charge in [-0.05, 0) is 31.6 Å². The minimum Gasteiger partial charge on any atom is -0.396 e. The predicted molar refractivity (Wildman–Crippen MR) is 78.3 cm³/mol. The van der Waals surface area contributed by atoms with Gasteiger partial charge in [-0.3, -0.25) is 9.48 Å². The van der Waals surface area contributed by atoms with Crippen molar-refractivity contribution in [2.75, 3.05) is 12.3 Å². The summed E-state index contributed by atoms with van der Waals surface area (Å²) >= 11 is 0. The molecule has 0 bridgehead atoms. The number of rotatable bonds is 4. The maximum Gasteiger partial charge on any atom is 0.274 e. The molecule has 0 spiro atoms. The van der Waals surface area contributed by atoms with Crippen molar-refractivity contribution in [3.05, 3.63) is 11.9 Å². The molecule has 0 aliphatic heterocycles. The molecule has 20 heavy (non-hydrogen) atoms. The molecule has 2 N–H and O–H groups in total. The van der Waals surface area contributed by atoms with Gasteiger partial charge in [0, 0.05) is 19.6 Å². The van der Waals surface area contributed by atoms with Crippen LogP contribution in [-0.4, -0.2) is 33.2 Å². The average Bonchev–Trinajstić information content (AvgIpc) is 3.23. The fourth-order valence-electron chi connectivity index (χ4n) is 3.28. The monoisotopic (exact) mass is 276 g/mol. The van der Waals surface area contributed by atoms with Gasteiger partial charge < -0.3 is 10.6 Å². The largest absolute Gasteiger partial charge is 0.396 e. The molecule has 0 unspecified atom stereocenters. The number of carbonyl (C=O) groups is 1. The van der Waals surface area contributed by atoms with E-state index < -0.39 is 0 Å². The summed E-state index contributed by atoms with van der Waals surface area (Å²) in [5, 5.41) is 4.09. The van der Waals surface area contributed by atoms with Crippen LogP contribution in [0.1, 0.15) is 55.4 Å². The molecule has 0 atom stereocenters. The van der Waals surface area contributed by atoms with Crippen LogP contribution in [0.2, 0.25) is 0 Å². The van der Waals surface area contributed by atoms with Gasteiger partial charge in [0.1, 0.15) is 5.69 Å². The first-order valence-corrected chi connectivity index (χ1v) is 7.75. The van der Waals surface area contributed by atoms with Crippen LogP contribution in [0.3, 0.4) is 0 Å². The number of aromatic nitrogens is 2. The first-order chi connectivity index (χ1) is 9.66. The molecule has 3 rings (SSSR count). The molecule has 0 aromatic carbocycles. The normalized spacial score (nSPS) is 20.1. The van der Waals surface area contributed by atoms with E-state index in [9.17, 15) is 4.79 Å². The minimum atomic E-state index is 0.0653. The van der Waals surface area contributed by atoms with Crippen molar-refractivity contribution in [2.24, 2.45) is 13.0 Å². The Morgan fingerprint density at radius 2 is 2.05 bits per heavy atom. The molecule has 5 heteroatoms. The van der Waals surface area contributed by atoms with E-state index in [0.717, 1.165) is 19.4 Å². The summed E-state index contributed by atoms with van der Waals surface area (Å²) in [6.07, 6.45) is 10.3. The number of aryl methyl sites for hydroxylation is 1. The number of anilines is 1. The van der Waals surface area contributed by atoms with E-state index >= 15 is 0 Å². The van der Waals surface area contributed by atoms with Crippen LogP contribution in [-0.2, 0) is 7.05 Å². The SMILES string of the molecule is Cn1ncc(N)c1C(=O)N(CC1CCCCC1)C1CC1. The summed E-state index contributed by atoms with van der Waals surface area (Å²) < 4.78 is 1.61. The predicted octanol–water partition coefficient (Wildman–Crippen LogP) is 2.19. The Bertz CT molecular complexity index is 467. The fourth-order valence-corrected chi connectivity index (χ4v) is 3.28. The van der Waals surface area contributed by atoms with Crippen LogP contribution < -0.4 is 5.73 Å². The number of nitrogens with two attached hydrogens (primary N) is 1. The second-order valence-corrected chi connectivity index (χ2v) is 6.26. The third kappa shape index (κ3) is 2.67. The summed E-state index contributed by atoms with van der Waals surface area (Å²) in [5.41, 5.74) is 6.94. The molecule has 0 saturated heterocycles. The van der Waals surface area contributed by atoms with Crippen LogP contribution in [0.15, 0.2) is 6.20 Å². The smallest absolute Gasteiger partial charge is 0.274 e. The number of amides is 1. The lowest BCUT2D eigenvalue weighted by Crippen LogP contribution is -2.39. The molecule has 1 aromatic heterocycles. The molecule has 1 heterocycles. The highest BCUT2D eigenvalue weighted by Crippen LogP contribution is 2.32. The van der Waals surface area contributed by atoms with E-state index in [4.69, 9.17) is 5.73 Å². The Hall–Kier alpha value is -1.52. The van der Waals surface area contributed by atoms with Crippen LogP contribution in [0.4, 0.5) is 5.69 Å². The zero-order valence-corrected chi connectivity index (χ0v) is 12.2. The second-order valence-electron chi connectivity index (χ2n) is 6.26. The molecule has 2 fully saturated rings. The topological polar surface area (TPSA) is 64.2 Å². The van der Waals surface area contributed by atoms with Gasteiger partial charge in [0.25, 0.3) is 5.91 Å². The number of hydrogen-bond donors (Lipinski definition) is 1. The molecule has 0 radical (unpaired) electrons.